The highest BCUT2D eigenvalue weighted by atomic mass is 32.2. The van der Waals surface area contributed by atoms with Crippen molar-refractivity contribution in [2.75, 3.05) is 29.5 Å². The van der Waals surface area contributed by atoms with E-state index < -0.39 is 63.0 Å². The van der Waals surface area contributed by atoms with Crippen LogP contribution < -0.4 is 10.2 Å². The molecular formula is C26H26F6N4O4S. The zero-order valence-corrected chi connectivity index (χ0v) is 22.4. The highest BCUT2D eigenvalue weighted by Gasteiger charge is 2.63. The van der Waals surface area contributed by atoms with E-state index in [-0.39, 0.29) is 55.1 Å². The highest BCUT2D eigenvalue weighted by Crippen LogP contribution is 2.50. The fourth-order valence-corrected chi connectivity index (χ4v) is 6.58. The number of hydrogen-bond acceptors (Lipinski definition) is 7. The Labute approximate surface area is 231 Å². The molecule has 3 aliphatic rings. The molecule has 8 nitrogen and oxygen atoms in total. The molecule has 0 bridgehead atoms. The zero-order valence-electron chi connectivity index (χ0n) is 21.6. The van der Waals surface area contributed by atoms with Gasteiger partial charge in [-0.25, -0.2) is 17.8 Å². The van der Waals surface area contributed by atoms with Crippen molar-refractivity contribution in [2.45, 2.75) is 61.8 Å². The molecule has 15 heteroatoms. The van der Waals surface area contributed by atoms with Crippen molar-refractivity contribution in [2.24, 2.45) is 5.92 Å². The Bertz CT molecular complexity index is 1470. The highest BCUT2D eigenvalue weighted by molar-refractivity contribution is 7.91. The Balaban J connectivity index is 1.62. The monoisotopic (exact) mass is 604 g/mol. The van der Waals surface area contributed by atoms with E-state index in [1.807, 2.05) is 6.07 Å². The number of oxazole rings is 1. The number of halogens is 6. The lowest BCUT2D eigenvalue weighted by molar-refractivity contribution is -0.297. The number of para-hydroxylation sites is 1. The summed E-state index contributed by atoms with van der Waals surface area (Å²) >= 11 is 0. The quantitative estimate of drug-likeness (QED) is 0.479. The van der Waals surface area contributed by atoms with E-state index >= 15 is 0 Å². The van der Waals surface area contributed by atoms with Crippen LogP contribution in [0.5, 0.6) is 0 Å². The summed E-state index contributed by atoms with van der Waals surface area (Å²) in [6.45, 7) is 0.0959. The third-order valence-electron chi connectivity index (χ3n) is 7.91. The van der Waals surface area contributed by atoms with Gasteiger partial charge < -0.3 is 14.6 Å². The average molecular weight is 605 g/mol. The SMILES string of the molecule is N#CC1(NC(=O)[C@@H]2C[C@@H](F)CC[C@H]2c2oc(C(F)(F)C(F)(F)F)nc2-c2ccccc2N2CCS(=O)(=O)CC2)CC1. The maximum absolute atomic E-state index is 14.5. The summed E-state index contributed by atoms with van der Waals surface area (Å²) in [6, 6.07) is 8.07. The van der Waals surface area contributed by atoms with E-state index in [9.17, 15) is 44.8 Å². The lowest BCUT2D eigenvalue weighted by atomic mass is 9.75. The van der Waals surface area contributed by atoms with E-state index in [0.717, 1.165) is 0 Å². The first-order valence-electron chi connectivity index (χ1n) is 13.0. The zero-order chi connectivity index (χ0) is 29.8. The number of alkyl halides is 6. The number of carbonyl (C=O) groups is 1. The summed E-state index contributed by atoms with van der Waals surface area (Å²) in [5, 5.41) is 12.0. The molecule has 3 fully saturated rings. The molecule has 0 radical (unpaired) electrons. The van der Waals surface area contributed by atoms with Crippen LogP contribution in [0.25, 0.3) is 11.3 Å². The van der Waals surface area contributed by atoms with Gasteiger partial charge in [0.1, 0.15) is 23.2 Å². The Morgan fingerprint density at radius 2 is 1.78 bits per heavy atom. The summed E-state index contributed by atoms with van der Waals surface area (Å²) in [5.41, 5.74) is -1.05. The van der Waals surface area contributed by atoms with E-state index in [1.165, 1.54) is 12.1 Å². The molecular weight excluding hydrogens is 578 g/mol. The summed E-state index contributed by atoms with van der Waals surface area (Å²) in [6.07, 6.45) is -7.29. The maximum Gasteiger partial charge on any atom is 0.463 e. The number of sulfone groups is 1. The predicted octanol–water partition coefficient (Wildman–Crippen LogP) is 4.62. The minimum atomic E-state index is -6.04. The summed E-state index contributed by atoms with van der Waals surface area (Å²) in [7, 11) is -3.30. The number of nitrogens with one attached hydrogen (secondary N) is 1. The molecule has 1 N–H and O–H groups in total. The minimum Gasteiger partial charge on any atom is -0.439 e. The second-order valence-corrected chi connectivity index (χ2v) is 13.1. The minimum absolute atomic E-state index is 0.0479. The predicted molar refractivity (Wildman–Crippen MR) is 133 cm³/mol. The molecule has 5 rings (SSSR count). The van der Waals surface area contributed by atoms with Crippen LogP contribution in [-0.4, -0.2) is 61.8 Å². The first kappa shape index (κ1) is 29.2. The molecule has 1 aliphatic heterocycles. The first-order valence-corrected chi connectivity index (χ1v) is 14.9. The first-order chi connectivity index (χ1) is 19.2. The maximum atomic E-state index is 14.5. The van der Waals surface area contributed by atoms with Crippen LogP contribution >= 0.6 is 0 Å². The van der Waals surface area contributed by atoms with Gasteiger partial charge in [0, 0.05) is 30.3 Å². The molecule has 1 aromatic heterocycles. The fourth-order valence-electron chi connectivity index (χ4n) is 5.38. The number of benzene rings is 1. The van der Waals surface area contributed by atoms with Crippen LogP contribution in [0, 0.1) is 17.2 Å². The number of amides is 1. The van der Waals surface area contributed by atoms with Gasteiger partial charge in [-0.2, -0.15) is 27.2 Å². The molecule has 1 aromatic carbocycles. The molecule has 3 atom stereocenters. The van der Waals surface area contributed by atoms with Crippen LogP contribution in [0.15, 0.2) is 28.7 Å². The van der Waals surface area contributed by atoms with Gasteiger partial charge in [0.05, 0.1) is 23.5 Å². The van der Waals surface area contributed by atoms with Gasteiger partial charge >= 0.3 is 12.1 Å². The number of rotatable bonds is 6. The van der Waals surface area contributed by atoms with Crippen molar-refractivity contribution in [1.82, 2.24) is 10.3 Å². The number of hydrogen-bond donors (Lipinski definition) is 1. The molecule has 2 heterocycles. The molecule has 0 spiro atoms. The Morgan fingerprint density at radius 1 is 1.12 bits per heavy atom. The molecule has 222 valence electrons. The van der Waals surface area contributed by atoms with Gasteiger partial charge in [0.2, 0.25) is 5.91 Å². The second kappa shape index (κ2) is 10.2. The lowest BCUT2D eigenvalue weighted by Gasteiger charge is -2.33. The molecule has 2 aromatic rings. The van der Waals surface area contributed by atoms with Gasteiger partial charge in [-0.05, 0) is 38.2 Å². The van der Waals surface area contributed by atoms with Crippen LogP contribution in [0.4, 0.5) is 32.0 Å². The lowest BCUT2D eigenvalue weighted by Crippen LogP contribution is -2.44. The third-order valence-corrected chi connectivity index (χ3v) is 9.52. The van der Waals surface area contributed by atoms with Gasteiger partial charge in [-0.3, -0.25) is 4.79 Å². The fraction of sp³-hybridized carbons (Fsp3) is 0.577. The summed E-state index contributed by atoms with van der Waals surface area (Å²) in [5.74, 6) is -11.2. The molecule has 2 aliphatic carbocycles. The van der Waals surface area contributed by atoms with Gasteiger partial charge in [-0.1, -0.05) is 18.2 Å². The molecule has 0 unspecified atom stereocenters. The van der Waals surface area contributed by atoms with Crippen LogP contribution in [-0.2, 0) is 20.6 Å². The van der Waals surface area contributed by atoms with Crippen molar-refractivity contribution >= 4 is 21.4 Å². The van der Waals surface area contributed by atoms with Crippen molar-refractivity contribution in [3.63, 3.8) is 0 Å². The second-order valence-electron chi connectivity index (χ2n) is 10.8. The number of aromatic nitrogens is 1. The van der Waals surface area contributed by atoms with Crippen molar-refractivity contribution in [3.8, 4) is 17.3 Å². The number of nitrogens with zero attached hydrogens (tertiary/aromatic N) is 3. The molecule has 1 saturated heterocycles. The standard InChI is InChI=1S/C26H26F6N4O4S/c27-15-5-6-16(18(13-15)22(37)35-24(14-33)7-8-24)21-20(34-23(40-21)25(28,29)26(30,31)32)17-3-1-2-4-19(17)36-9-11-41(38,39)12-10-36/h1-4,15-16,18H,5-13H2,(H,35,37)/t15-,16+,18+/m0/s1. The molecule has 41 heavy (non-hydrogen) atoms. The number of anilines is 1. The van der Waals surface area contributed by atoms with Crippen molar-refractivity contribution in [3.05, 3.63) is 35.9 Å². The smallest absolute Gasteiger partial charge is 0.439 e. The van der Waals surface area contributed by atoms with Crippen molar-refractivity contribution in [1.29, 1.82) is 5.26 Å². The third kappa shape index (κ3) is 5.62. The van der Waals surface area contributed by atoms with Gasteiger partial charge in [0.25, 0.3) is 5.89 Å². The van der Waals surface area contributed by atoms with Crippen LogP contribution in [0.3, 0.4) is 0 Å². The Kier molecular flexibility index (Phi) is 7.28. The van der Waals surface area contributed by atoms with E-state index in [0.29, 0.717) is 18.5 Å². The average Bonchev–Trinajstić information content (AvgIpc) is 3.54. The van der Waals surface area contributed by atoms with Gasteiger partial charge in [-0.15, -0.1) is 0 Å². The van der Waals surface area contributed by atoms with E-state index in [2.05, 4.69) is 10.3 Å². The van der Waals surface area contributed by atoms with E-state index in [4.69, 9.17) is 4.42 Å². The normalized spacial score (nSPS) is 25.8. The van der Waals surface area contributed by atoms with E-state index in [1.54, 1.807) is 17.0 Å². The summed E-state index contributed by atoms with van der Waals surface area (Å²) < 4.78 is 113. The van der Waals surface area contributed by atoms with Crippen molar-refractivity contribution < 1.29 is 44.0 Å². The molecule has 1 amide bonds. The topological polar surface area (TPSA) is 116 Å². The Morgan fingerprint density at radius 3 is 2.39 bits per heavy atom. The molecule has 2 saturated carbocycles. The number of nitriles is 1. The van der Waals surface area contributed by atoms with Crippen LogP contribution in [0.1, 0.15) is 49.7 Å². The van der Waals surface area contributed by atoms with Gasteiger partial charge in [0.15, 0.2) is 9.84 Å². The number of carbonyl (C=O) groups excluding carboxylic acids is 1. The largest absolute Gasteiger partial charge is 0.463 e. The van der Waals surface area contributed by atoms with Crippen LogP contribution in [0.2, 0.25) is 0 Å². The Hall–Kier alpha value is -3.28. The summed E-state index contributed by atoms with van der Waals surface area (Å²) in [4.78, 5) is 18.5.